The molecule has 0 saturated carbocycles. The summed E-state index contributed by atoms with van der Waals surface area (Å²) in [6.07, 6.45) is 0.215. The van der Waals surface area contributed by atoms with E-state index in [-0.39, 0.29) is 17.3 Å². The van der Waals surface area contributed by atoms with E-state index in [2.05, 4.69) is 39.2 Å². The first-order valence-electron chi connectivity index (χ1n) is 7.90. The quantitative estimate of drug-likeness (QED) is 0.859. The van der Waals surface area contributed by atoms with Crippen LogP contribution in [-0.2, 0) is 4.43 Å². The maximum Gasteiger partial charge on any atom is 0.171 e. The van der Waals surface area contributed by atoms with Gasteiger partial charge in [-0.25, -0.2) is 4.39 Å². The molecule has 2 nitrogen and oxygen atoms in total. The van der Waals surface area contributed by atoms with Crippen molar-refractivity contribution in [1.82, 2.24) is 5.32 Å². The van der Waals surface area contributed by atoms with Crippen molar-refractivity contribution in [3.05, 3.63) is 35.6 Å². The summed E-state index contributed by atoms with van der Waals surface area (Å²) in [5.41, 5.74) is 1.19. The predicted octanol–water partition coefficient (Wildman–Crippen LogP) is 3.54. The van der Waals surface area contributed by atoms with Gasteiger partial charge < -0.3 is 9.74 Å². The number of hydrogen-bond donors (Lipinski definition) is 1. The minimum absolute atomic E-state index is 0.0968. The third kappa shape index (κ3) is 4.15. The molecule has 0 radical (unpaired) electrons. The Bertz CT molecular complexity index is 472. The van der Waals surface area contributed by atoms with Gasteiger partial charge in [-0.15, -0.1) is 0 Å². The monoisotopic (exact) mass is 309 g/mol. The maximum atomic E-state index is 13.5. The van der Waals surface area contributed by atoms with Gasteiger partial charge in [0.1, 0.15) is 5.82 Å². The minimum Gasteiger partial charge on any atom is -0.417 e. The van der Waals surface area contributed by atoms with Crippen molar-refractivity contribution in [1.29, 1.82) is 0 Å². The zero-order valence-electron chi connectivity index (χ0n) is 13.8. The Kier molecular flexibility index (Phi) is 5.23. The molecule has 1 aliphatic heterocycles. The Morgan fingerprint density at radius 3 is 2.57 bits per heavy atom. The van der Waals surface area contributed by atoms with E-state index in [1.54, 1.807) is 6.07 Å². The second kappa shape index (κ2) is 6.59. The normalized spacial score (nSPS) is 24.5. The lowest BCUT2D eigenvalue weighted by Crippen LogP contribution is -2.42. The van der Waals surface area contributed by atoms with Crippen molar-refractivity contribution in [3.63, 3.8) is 0 Å². The van der Waals surface area contributed by atoms with Crippen LogP contribution in [0.15, 0.2) is 24.3 Å². The van der Waals surface area contributed by atoms with Crippen LogP contribution in [0.4, 0.5) is 4.39 Å². The van der Waals surface area contributed by atoms with Crippen molar-refractivity contribution in [2.24, 2.45) is 11.3 Å². The first-order chi connectivity index (χ1) is 9.79. The van der Waals surface area contributed by atoms with Crippen LogP contribution in [-0.4, -0.2) is 28.2 Å². The molecule has 1 N–H and O–H groups in total. The fourth-order valence-electron chi connectivity index (χ4n) is 3.36. The molecule has 21 heavy (non-hydrogen) atoms. The van der Waals surface area contributed by atoms with Crippen LogP contribution < -0.4 is 5.32 Å². The Morgan fingerprint density at radius 2 is 2.00 bits per heavy atom. The molecule has 4 heteroatoms. The molecule has 1 unspecified atom stereocenters. The zero-order valence-corrected chi connectivity index (χ0v) is 15.0. The molecule has 118 valence electrons. The van der Waals surface area contributed by atoms with Crippen LogP contribution in [0.5, 0.6) is 0 Å². The van der Waals surface area contributed by atoms with Crippen molar-refractivity contribution < 1.29 is 8.82 Å². The van der Waals surface area contributed by atoms with Crippen LogP contribution in [0.2, 0.25) is 13.1 Å². The van der Waals surface area contributed by atoms with Gasteiger partial charge in [0.15, 0.2) is 9.04 Å². The Hall–Kier alpha value is -0.713. The Morgan fingerprint density at radius 1 is 1.29 bits per heavy atom. The summed E-state index contributed by atoms with van der Waals surface area (Å²) in [6.45, 7) is 13.0. The number of rotatable bonds is 4. The van der Waals surface area contributed by atoms with Crippen LogP contribution in [0.25, 0.3) is 0 Å². The van der Waals surface area contributed by atoms with Gasteiger partial charge in [-0.3, -0.25) is 0 Å². The van der Waals surface area contributed by atoms with Crippen molar-refractivity contribution >= 4 is 9.04 Å². The summed E-state index contributed by atoms with van der Waals surface area (Å²) in [5, 5.41) is 3.48. The molecular formula is C17H28FNOSi. The van der Waals surface area contributed by atoms with Gasteiger partial charge in [0, 0.05) is 24.9 Å². The number of hydrogen-bond acceptors (Lipinski definition) is 2. The maximum absolute atomic E-state index is 13.5. The highest BCUT2D eigenvalue weighted by molar-refractivity contribution is 6.48. The summed E-state index contributed by atoms with van der Waals surface area (Å²) in [7, 11) is -1.12. The van der Waals surface area contributed by atoms with Gasteiger partial charge in [-0.05, 0) is 36.2 Å². The van der Waals surface area contributed by atoms with E-state index in [9.17, 15) is 4.39 Å². The molecule has 3 atom stereocenters. The van der Waals surface area contributed by atoms with Crippen LogP contribution >= 0.6 is 0 Å². The second-order valence-electron chi connectivity index (χ2n) is 7.46. The summed E-state index contributed by atoms with van der Waals surface area (Å²) >= 11 is 0. The van der Waals surface area contributed by atoms with Gasteiger partial charge in [-0.2, -0.15) is 0 Å². The van der Waals surface area contributed by atoms with Crippen LogP contribution in [0.1, 0.15) is 32.3 Å². The van der Waals surface area contributed by atoms with E-state index in [0.717, 1.165) is 18.7 Å². The average Bonchev–Trinajstić information content (AvgIpc) is 2.83. The lowest BCUT2D eigenvalue weighted by Gasteiger charge is -2.39. The number of benzene rings is 1. The van der Waals surface area contributed by atoms with Crippen molar-refractivity contribution in [2.75, 3.05) is 13.1 Å². The molecule has 1 aromatic rings. The first-order valence-corrected chi connectivity index (χ1v) is 10.7. The molecule has 0 amide bonds. The molecule has 0 aromatic heterocycles. The Balaban J connectivity index is 2.27. The SMILES string of the molecule is C[SiH](C)OC([C@H]1CNC[C@@H]1c1cccc(F)c1)C(C)(C)C. The highest BCUT2D eigenvalue weighted by Crippen LogP contribution is 2.39. The van der Waals surface area contributed by atoms with E-state index < -0.39 is 9.04 Å². The fraction of sp³-hybridized carbons (Fsp3) is 0.647. The van der Waals surface area contributed by atoms with Gasteiger partial charge >= 0.3 is 0 Å². The van der Waals surface area contributed by atoms with Crippen molar-refractivity contribution in [2.45, 2.75) is 45.9 Å². The highest BCUT2D eigenvalue weighted by Gasteiger charge is 2.41. The molecule has 1 heterocycles. The van der Waals surface area contributed by atoms with Crippen molar-refractivity contribution in [3.8, 4) is 0 Å². The highest BCUT2D eigenvalue weighted by atomic mass is 28.3. The average molecular weight is 310 g/mol. The molecule has 1 aromatic carbocycles. The van der Waals surface area contributed by atoms with E-state index in [0.29, 0.717) is 11.8 Å². The third-order valence-electron chi connectivity index (χ3n) is 4.20. The summed E-state index contributed by atoms with van der Waals surface area (Å²) in [6, 6.07) is 7.04. The first kappa shape index (κ1) is 16.7. The Labute approximate surface area is 129 Å². The number of nitrogens with one attached hydrogen (secondary N) is 1. The second-order valence-corrected chi connectivity index (χ2v) is 9.82. The topological polar surface area (TPSA) is 21.3 Å². The minimum atomic E-state index is -1.12. The van der Waals surface area contributed by atoms with E-state index >= 15 is 0 Å². The van der Waals surface area contributed by atoms with E-state index in [1.807, 2.05) is 12.1 Å². The molecule has 1 saturated heterocycles. The standard InChI is InChI=1S/C17H28FNOSi/c1-17(2,3)16(20-21(4)5)15-11-19-10-14(15)12-7-6-8-13(18)9-12/h6-9,14-16,19,21H,10-11H2,1-5H3/t14-,15+,16?/m1/s1. The third-order valence-corrected chi connectivity index (χ3v) is 5.04. The lowest BCUT2D eigenvalue weighted by molar-refractivity contribution is 0.0339. The molecule has 1 aliphatic rings. The smallest absolute Gasteiger partial charge is 0.171 e. The van der Waals surface area contributed by atoms with Gasteiger partial charge in [0.2, 0.25) is 0 Å². The van der Waals surface area contributed by atoms with Gasteiger partial charge in [-0.1, -0.05) is 32.9 Å². The predicted molar refractivity (Wildman–Crippen MR) is 88.7 cm³/mol. The summed E-state index contributed by atoms with van der Waals surface area (Å²) in [5.74, 6) is 0.587. The molecular weight excluding hydrogens is 281 g/mol. The van der Waals surface area contributed by atoms with E-state index in [1.165, 1.54) is 6.07 Å². The van der Waals surface area contributed by atoms with E-state index in [4.69, 9.17) is 4.43 Å². The van der Waals surface area contributed by atoms with Gasteiger partial charge in [0.25, 0.3) is 0 Å². The molecule has 0 spiro atoms. The van der Waals surface area contributed by atoms with Gasteiger partial charge in [0.05, 0.1) is 6.10 Å². The lowest BCUT2D eigenvalue weighted by atomic mass is 9.75. The van der Waals surface area contributed by atoms with Crippen LogP contribution in [0.3, 0.4) is 0 Å². The summed E-state index contributed by atoms with van der Waals surface area (Å²) < 4.78 is 19.9. The molecule has 0 bridgehead atoms. The number of halogens is 1. The zero-order chi connectivity index (χ0) is 15.6. The molecule has 1 fully saturated rings. The fourth-order valence-corrected chi connectivity index (χ4v) is 4.56. The largest absolute Gasteiger partial charge is 0.417 e. The summed E-state index contributed by atoms with van der Waals surface area (Å²) in [4.78, 5) is 0. The van der Waals surface area contributed by atoms with Crippen LogP contribution in [0, 0.1) is 17.2 Å². The molecule has 0 aliphatic carbocycles. The molecule has 2 rings (SSSR count).